The van der Waals surface area contributed by atoms with Crippen LogP contribution in [0.5, 0.6) is 0 Å². The van der Waals surface area contributed by atoms with Crippen LogP contribution in [0.2, 0.25) is 0 Å². The van der Waals surface area contributed by atoms with E-state index in [1.807, 2.05) is 23.1 Å². The third-order valence-electron chi connectivity index (χ3n) is 5.74. The summed E-state index contributed by atoms with van der Waals surface area (Å²) >= 11 is 0. The third-order valence-corrected chi connectivity index (χ3v) is 5.74. The number of rotatable bonds is 3. The Morgan fingerprint density at radius 2 is 1.66 bits per heavy atom. The molecule has 0 aliphatic carbocycles. The Hall–Kier alpha value is -2.73. The summed E-state index contributed by atoms with van der Waals surface area (Å²) in [5.74, 6) is -0.306. The zero-order valence-corrected chi connectivity index (χ0v) is 16.5. The lowest BCUT2D eigenvalue weighted by atomic mass is 10.0. The number of hydrogen-bond acceptors (Lipinski definition) is 3. The predicted molar refractivity (Wildman–Crippen MR) is 110 cm³/mol. The van der Waals surface area contributed by atoms with Crippen LogP contribution in [0.15, 0.2) is 48.5 Å². The summed E-state index contributed by atoms with van der Waals surface area (Å²) in [5.41, 5.74) is 2.77. The van der Waals surface area contributed by atoms with Gasteiger partial charge in [-0.3, -0.25) is 14.5 Å². The highest BCUT2D eigenvalue weighted by atomic mass is 19.1. The van der Waals surface area contributed by atoms with Gasteiger partial charge in [-0.25, -0.2) is 4.39 Å². The second-order valence-corrected chi connectivity index (χ2v) is 7.71. The first-order valence-corrected chi connectivity index (χ1v) is 10.3. The number of nitrogens with zero attached hydrogens (tertiary/aromatic N) is 3. The first kappa shape index (κ1) is 19.6. The summed E-state index contributed by atoms with van der Waals surface area (Å²) in [6.45, 7) is 3.79. The van der Waals surface area contributed by atoms with Crippen molar-refractivity contribution in [1.82, 2.24) is 9.80 Å². The summed E-state index contributed by atoms with van der Waals surface area (Å²) in [7, 11) is 0. The SMILES string of the molecule is O=C(c1ccc(F)cc1)N1CCCN(CC(=O)N2CCCc3ccccc32)CC1. The van der Waals surface area contributed by atoms with Crippen molar-refractivity contribution in [3.63, 3.8) is 0 Å². The molecule has 0 saturated carbocycles. The first-order chi connectivity index (χ1) is 14.1. The Kier molecular flexibility index (Phi) is 5.90. The molecular weight excluding hydrogens is 369 g/mol. The van der Waals surface area contributed by atoms with Crippen LogP contribution < -0.4 is 4.90 Å². The maximum Gasteiger partial charge on any atom is 0.253 e. The molecule has 0 radical (unpaired) electrons. The van der Waals surface area contributed by atoms with Crippen LogP contribution in [-0.2, 0) is 11.2 Å². The van der Waals surface area contributed by atoms with E-state index < -0.39 is 0 Å². The summed E-state index contributed by atoms with van der Waals surface area (Å²) < 4.78 is 13.1. The summed E-state index contributed by atoms with van der Waals surface area (Å²) in [4.78, 5) is 31.5. The number of anilines is 1. The second-order valence-electron chi connectivity index (χ2n) is 7.71. The van der Waals surface area contributed by atoms with E-state index in [0.717, 1.165) is 38.0 Å². The molecule has 0 bridgehead atoms. The van der Waals surface area contributed by atoms with Gasteiger partial charge in [0.25, 0.3) is 5.91 Å². The molecule has 0 atom stereocenters. The molecule has 152 valence electrons. The topological polar surface area (TPSA) is 43.9 Å². The molecule has 6 heteroatoms. The van der Waals surface area contributed by atoms with E-state index in [1.54, 1.807) is 4.90 Å². The van der Waals surface area contributed by atoms with Crippen molar-refractivity contribution in [1.29, 1.82) is 0 Å². The highest BCUT2D eigenvalue weighted by Gasteiger charge is 2.26. The van der Waals surface area contributed by atoms with Crippen molar-refractivity contribution in [2.45, 2.75) is 19.3 Å². The number of fused-ring (bicyclic) bond motifs is 1. The van der Waals surface area contributed by atoms with Crippen LogP contribution >= 0.6 is 0 Å². The van der Waals surface area contributed by atoms with Crippen molar-refractivity contribution < 1.29 is 14.0 Å². The van der Waals surface area contributed by atoms with Gasteiger partial charge in [0.05, 0.1) is 6.54 Å². The van der Waals surface area contributed by atoms with E-state index in [4.69, 9.17) is 0 Å². The molecule has 5 nitrogen and oxygen atoms in total. The molecule has 2 aliphatic rings. The number of amides is 2. The van der Waals surface area contributed by atoms with E-state index in [1.165, 1.54) is 29.8 Å². The number of para-hydroxylation sites is 1. The van der Waals surface area contributed by atoms with Gasteiger partial charge in [0.15, 0.2) is 0 Å². The van der Waals surface area contributed by atoms with Gasteiger partial charge in [0, 0.05) is 44.0 Å². The van der Waals surface area contributed by atoms with Gasteiger partial charge in [-0.15, -0.1) is 0 Å². The average Bonchev–Trinajstić information content (AvgIpc) is 2.99. The maximum absolute atomic E-state index is 13.1. The lowest BCUT2D eigenvalue weighted by Gasteiger charge is -2.31. The van der Waals surface area contributed by atoms with Crippen LogP contribution in [0.3, 0.4) is 0 Å². The van der Waals surface area contributed by atoms with Crippen molar-refractivity contribution in [2.24, 2.45) is 0 Å². The maximum atomic E-state index is 13.1. The van der Waals surface area contributed by atoms with Crippen molar-refractivity contribution in [3.05, 3.63) is 65.5 Å². The Bertz CT molecular complexity index is 884. The quantitative estimate of drug-likeness (QED) is 0.803. The molecule has 2 heterocycles. The Balaban J connectivity index is 1.36. The van der Waals surface area contributed by atoms with E-state index in [-0.39, 0.29) is 17.6 Å². The van der Waals surface area contributed by atoms with Gasteiger partial charge < -0.3 is 9.80 Å². The highest BCUT2D eigenvalue weighted by molar-refractivity contribution is 5.96. The molecule has 2 amide bonds. The average molecular weight is 395 g/mol. The van der Waals surface area contributed by atoms with E-state index in [9.17, 15) is 14.0 Å². The fourth-order valence-electron chi connectivity index (χ4n) is 4.18. The number of benzene rings is 2. The van der Waals surface area contributed by atoms with E-state index in [0.29, 0.717) is 31.7 Å². The molecule has 4 rings (SSSR count). The molecular formula is C23H26FN3O2. The van der Waals surface area contributed by atoms with E-state index >= 15 is 0 Å². The number of halogens is 1. The lowest BCUT2D eigenvalue weighted by molar-refractivity contribution is -0.119. The van der Waals surface area contributed by atoms with Crippen molar-refractivity contribution in [2.75, 3.05) is 44.2 Å². The number of aryl methyl sites for hydroxylation is 1. The van der Waals surface area contributed by atoms with E-state index in [2.05, 4.69) is 11.0 Å². The summed E-state index contributed by atoms with van der Waals surface area (Å²) in [5, 5.41) is 0. The summed E-state index contributed by atoms with van der Waals surface area (Å²) in [6, 6.07) is 13.8. The predicted octanol–water partition coefficient (Wildman–Crippen LogP) is 2.95. The van der Waals surface area contributed by atoms with Gasteiger partial charge in [0.2, 0.25) is 5.91 Å². The standard InChI is InChI=1S/C23H26FN3O2/c24-20-10-8-19(9-11-20)23(29)26-13-4-12-25(15-16-26)17-22(28)27-14-3-6-18-5-1-2-7-21(18)27/h1-2,5,7-11H,3-4,6,12-17H2. The zero-order chi connectivity index (χ0) is 20.2. The molecule has 1 fully saturated rings. The van der Waals surface area contributed by atoms with Gasteiger partial charge >= 0.3 is 0 Å². The molecule has 29 heavy (non-hydrogen) atoms. The van der Waals surface area contributed by atoms with Gasteiger partial charge in [-0.05, 0) is 55.2 Å². The van der Waals surface area contributed by atoms with Gasteiger partial charge in [-0.1, -0.05) is 18.2 Å². The molecule has 2 aliphatic heterocycles. The lowest BCUT2D eigenvalue weighted by Crippen LogP contribution is -2.44. The minimum absolute atomic E-state index is 0.0804. The van der Waals surface area contributed by atoms with Crippen LogP contribution in [0.4, 0.5) is 10.1 Å². The monoisotopic (exact) mass is 395 g/mol. The number of carbonyl (C=O) groups excluding carboxylic acids is 2. The Morgan fingerprint density at radius 1 is 0.862 bits per heavy atom. The fraction of sp³-hybridized carbons (Fsp3) is 0.391. The summed E-state index contributed by atoms with van der Waals surface area (Å²) in [6.07, 6.45) is 2.82. The minimum Gasteiger partial charge on any atom is -0.337 e. The van der Waals surface area contributed by atoms with Crippen molar-refractivity contribution >= 4 is 17.5 Å². The molecule has 0 N–H and O–H groups in total. The van der Waals surface area contributed by atoms with Crippen LogP contribution in [0.25, 0.3) is 0 Å². The van der Waals surface area contributed by atoms with Crippen LogP contribution in [-0.4, -0.2) is 60.9 Å². The molecule has 2 aromatic rings. The highest BCUT2D eigenvalue weighted by Crippen LogP contribution is 2.26. The van der Waals surface area contributed by atoms with Gasteiger partial charge in [0.1, 0.15) is 5.82 Å². The third kappa shape index (κ3) is 4.48. The largest absolute Gasteiger partial charge is 0.337 e. The Morgan fingerprint density at radius 3 is 2.48 bits per heavy atom. The molecule has 0 spiro atoms. The normalized spacial score (nSPS) is 17.6. The number of hydrogen-bond donors (Lipinski definition) is 0. The van der Waals surface area contributed by atoms with Crippen LogP contribution in [0.1, 0.15) is 28.8 Å². The number of carbonyl (C=O) groups is 2. The van der Waals surface area contributed by atoms with Crippen LogP contribution in [0, 0.1) is 5.82 Å². The molecule has 0 aromatic heterocycles. The minimum atomic E-state index is -0.346. The second kappa shape index (κ2) is 8.74. The first-order valence-electron chi connectivity index (χ1n) is 10.3. The van der Waals surface area contributed by atoms with Crippen molar-refractivity contribution in [3.8, 4) is 0 Å². The zero-order valence-electron chi connectivity index (χ0n) is 16.5. The smallest absolute Gasteiger partial charge is 0.253 e. The fourth-order valence-corrected chi connectivity index (χ4v) is 4.18. The molecule has 1 saturated heterocycles. The Labute approximate surface area is 170 Å². The molecule has 2 aromatic carbocycles. The van der Waals surface area contributed by atoms with Gasteiger partial charge in [-0.2, -0.15) is 0 Å². The molecule has 0 unspecified atom stereocenters.